The van der Waals surface area contributed by atoms with Crippen molar-refractivity contribution in [2.24, 2.45) is 0 Å². The van der Waals surface area contributed by atoms with Crippen molar-refractivity contribution < 1.29 is 4.92 Å². The molecular weight excluding hydrogens is 334 g/mol. The molecule has 0 bridgehead atoms. The summed E-state index contributed by atoms with van der Waals surface area (Å²) in [6.45, 7) is 12.7. The number of nitro benzene ring substituents is 1. The zero-order chi connectivity index (χ0) is 19.7. The number of nitrogens with zero attached hydrogens (tertiary/aromatic N) is 1. The number of benzene rings is 4. The molecule has 0 aliphatic heterocycles. The lowest BCUT2D eigenvalue weighted by atomic mass is 9.80. The van der Waals surface area contributed by atoms with E-state index in [0.29, 0.717) is 0 Å². The third-order valence-electron chi connectivity index (χ3n) is 5.55. The Morgan fingerprint density at radius 2 is 1.26 bits per heavy atom. The molecule has 0 aliphatic carbocycles. The van der Waals surface area contributed by atoms with Crippen LogP contribution in [-0.2, 0) is 10.8 Å². The van der Waals surface area contributed by atoms with Gasteiger partial charge in [0.25, 0.3) is 5.69 Å². The van der Waals surface area contributed by atoms with E-state index in [4.69, 9.17) is 0 Å². The van der Waals surface area contributed by atoms with Crippen molar-refractivity contribution in [3.8, 4) is 0 Å². The Hall–Kier alpha value is -2.68. The molecule has 0 heterocycles. The molecule has 27 heavy (non-hydrogen) atoms. The molecule has 4 aromatic carbocycles. The quantitative estimate of drug-likeness (QED) is 0.207. The minimum absolute atomic E-state index is 0.0514. The SMILES string of the molecule is CC(C)(C)c1cc2ccc3cc(C(C)(C)C)c([N+](=O)[O-])c4ccc(c1)c2c34. The van der Waals surface area contributed by atoms with E-state index in [1.54, 1.807) is 0 Å². The van der Waals surface area contributed by atoms with E-state index < -0.39 is 0 Å². The first kappa shape index (κ1) is 17.7. The summed E-state index contributed by atoms with van der Waals surface area (Å²) in [6, 6.07) is 14.7. The first-order valence-electron chi connectivity index (χ1n) is 9.39. The summed E-state index contributed by atoms with van der Waals surface area (Å²) in [5.41, 5.74) is 2.05. The first-order chi connectivity index (χ1) is 12.5. The minimum Gasteiger partial charge on any atom is -0.258 e. The molecule has 0 radical (unpaired) electrons. The van der Waals surface area contributed by atoms with Crippen LogP contribution in [0.25, 0.3) is 32.3 Å². The Kier molecular flexibility index (Phi) is 3.55. The predicted molar refractivity (Wildman–Crippen MR) is 114 cm³/mol. The number of rotatable bonds is 1. The van der Waals surface area contributed by atoms with E-state index in [1.807, 2.05) is 39.0 Å². The van der Waals surface area contributed by atoms with E-state index in [1.165, 1.54) is 5.56 Å². The van der Waals surface area contributed by atoms with Crippen molar-refractivity contribution in [1.82, 2.24) is 0 Å². The number of hydrogen-bond donors (Lipinski definition) is 0. The molecule has 4 rings (SSSR count). The molecule has 0 saturated carbocycles. The molecule has 0 aromatic heterocycles. The summed E-state index contributed by atoms with van der Waals surface area (Å²) >= 11 is 0. The van der Waals surface area contributed by atoms with Crippen molar-refractivity contribution in [3.05, 3.63) is 63.7 Å². The van der Waals surface area contributed by atoms with Crippen LogP contribution in [0.2, 0.25) is 0 Å². The average Bonchev–Trinajstić information content (AvgIpc) is 2.56. The van der Waals surface area contributed by atoms with Crippen LogP contribution in [0, 0.1) is 10.1 Å². The minimum atomic E-state index is -0.299. The van der Waals surface area contributed by atoms with Crippen molar-refractivity contribution in [2.75, 3.05) is 0 Å². The van der Waals surface area contributed by atoms with Gasteiger partial charge in [-0.2, -0.15) is 0 Å². The predicted octanol–water partition coefficient (Wildman–Crippen LogP) is 7.09. The summed E-state index contributed by atoms with van der Waals surface area (Å²) < 4.78 is 0. The molecule has 0 fully saturated rings. The van der Waals surface area contributed by atoms with Gasteiger partial charge in [0, 0.05) is 10.9 Å². The normalized spacial score (nSPS) is 13.1. The fourth-order valence-corrected chi connectivity index (χ4v) is 4.08. The van der Waals surface area contributed by atoms with E-state index in [2.05, 4.69) is 45.0 Å². The van der Waals surface area contributed by atoms with Gasteiger partial charge in [-0.05, 0) is 50.1 Å². The van der Waals surface area contributed by atoms with Crippen LogP contribution in [0.1, 0.15) is 52.7 Å². The smallest absolute Gasteiger partial charge is 0.258 e. The lowest BCUT2D eigenvalue weighted by molar-refractivity contribution is -0.384. The maximum absolute atomic E-state index is 12.0. The summed E-state index contributed by atoms with van der Waals surface area (Å²) in [5, 5.41) is 18.2. The Bertz CT molecular complexity index is 1190. The van der Waals surface area contributed by atoms with Gasteiger partial charge in [0.1, 0.15) is 0 Å². The highest BCUT2D eigenvalue weighted by Gasteiger charge is 2.29. The van der Waals surface area contributed by atoms with E-state index in [9.17, 15) is 10.1 Å². The largest absolute Gasteiger partial charge is 0.280 e. The highest BCUT2D eigenvalue weighted by molar-refractivity contribution is 6.25. The summed E-state index contributed by atoms with van der Waals surface area (Å²) in [7, 11) is 0. The second-order valence-corrected chi connectivity index (χ2v) is 9.60. The highest BCUT2D eigenvalue weighted by atomic mass is 16.6. The molecule has 4 aromatic rings. The fraction of sp³-hybridized carbons (Fsp3) is 0.333. The van der Waals surface area contributed by atoms with Crippen LogP contribution in [0.15, 0.2) is 42.5 Å². The molecule has 138 valence electrons. The summed E-state index contributed by atoms with van der Waals surface area (Å²) in [6.07, 6.45) is 0. The second-order valence-electron chi connectivity index (χ2n) is 9.60. The van der Waals surface area contributed by atoms with E-state index in [-0.39, 0.29) is 21.4 Å². The molecule has 0 spiro atoms. The Morgan fingerprint density at radius 3 is 1.74 bits per heavy atom. The van der Waals surface area contributed by atoms with Crippen molar-refractivity contribution in [1.29, 1.82) is 0 Å². The second kappa shape index (κ2) is 5.41. The van der Waals surface area contributed by atoms with Gasteiger partial charge in [-0.25, -0.2) is 0 Å². The molecule has 0 atom stereocenters. The Balaban J connectivity index is 2.22. The first-order valence-corrected chi connectivity index (χ1v) is 9.39. The van der Waals surface area contributed by atoms with E-state index >= 15 is 0 Å². The highest BCUT2D eigenvalue weighted by Crippen LogP contribution is 2.44. The molecular formula is C24H25NO2. The zero-order valence-electron chi connectivity index (χ0n) is 16.8. The van der Waals surface area contributed by atoms with Crippen LogP contribution in [0.5, 0.6) is 0 Å². The lowest BCUT2D eigenvalue weighted by Gasteiger charge is -2.23. The van der Waals surface area contributed by atoms with Gasteiger partial charge >= 0.3 is 0 Å². The van der Waals surface area contributed by atoms with Crippen LogP contribution >= 0.6 is 0 Å². The van der Waals surface area contributed by atoms with Crippen molar-refractivity contribution in [3.63, 3.8) is 0 Å². The molecule has 0 saturated heterocycles. The Labute approximate surface area is 159 Å². The van der Waals surface area contributed by atoms with Crippen LogP contribution < -0.4 is 0 Å². The maximum atomic E-state index is 12.0. The molecule has 0 amide bonds. The zero-order valence-corrected chi connectivity index (χ0v) is 16.8. The van der Waals surface area contributed by atoms with Gasteiger partial charge in [-0.1, -0.05) is 71.9 Å². The summed E-state index contributed by atoms with van der Waals surface area (Å²) in [4.78, 5) is 11.8. The molecule has 0 unspecified atom stereocenters. The number of nitro groups is 1. The van der Waals surface area contributed by atoms with Crippen molar-refractivity contribution in [2.45, 2.75) is 52.4 Å². The third kappa shape index (κ3) is 2.64. The van der Waals surface area contributed by atoms with Crippen molar-refractivity contribution >= 4 is 38.0 Å². The topological polar surface area (TPSA) is 43.1 Å². The fourth-order valence-electron chi connectivity index (χ4n) is 4.08. The van der Waals surface area contributed by atoms with Crippen LogP contribution in [0.4, 0.5) is 5.69 Å². The van der Waals surface area contributed by atoms with Gasteiger partial charge < -0.3 is 0 Å². The van der Waals surface area contributed by atoms with Crippen LogP contribution in [0.3, 0.4) is 0 Å². The van der Waals surface area contributed by atoms with Gasteiger partial charge in [0.2, 0.25) is 0 Å². The lowest BCUT2D eigenvalue weighted by Crippen LogP contribution is -2.14. The van der Waals surface area contributed by atoms with E-state index in [0.717, 1.165) is 37.9 Å². The molecule has 3 heteroatoms. The standard InChI is InChI=1S/C24H25NO2/c1-23(2,3)17-11-14-7-8-16-13-19(24(4,5)6)22(25(26)27)18-10-9-15(12-17)20(14)21(16)18/h7-13H,1-6H3. The monoisotopic (exact) mass is 359 g/mol. The van der Waals surface area contributed by atoms with Crippen LogP contribution in [-0.4, -0.2) is 4.92 Å². The average molecular weight is 359 g/mol. The number of hydrogen-bond acceptors (Lipinski definition) is 2. The molecule has 3 nitrogen and oxygen atoms in total. The summed E-state index contributed by atoms with van der Waals surface area (Å²) in [5.74, 6) is 0. The Morgan fingerprint density at radius 1 is 0.741 bits per heavy atom. The van der Waals surface area contributed by atoms with Gasteiger partial charge in [-0.3, -0.25) is 10.1 Å². The third-order valence-corrected chi connectivity index (χ3v) is 5.55. The van der Waals surface area contributed by atoms with Gasteiger partial charge in [-0.15, -0.1) is 0 Å². The maximum Gasteiger partial charge on any atom is 0.280 e. The molecule has 0 aliphatic rings. The molecule has 0 N–H and O–H groups in total. The van der Waals surface area contributed by atoms with Gasteiger partial charge in [0.05, 0.1) is 10.3 Å². The van der Waals surface area contributed by atoms with Gasteiger partial charge in [0.15, 0.2) is 0 Å².